The highest BCUT2D eigenvalue weighted by Gasteiger charge is 2.32. The normalized spacial score (nSPS) is 11.6. The molecule has 27 heavy (non-hydrogen) atoms. The molecule has 1 aromatic carbocycles. The number of hydrogen-bond donors (Lipinski definition) is 1. The number of hydrogen-bond acceptors (Lipinski definition) is 5. The maximum atomic E-state index is 12.5. The molecule has 0 aliphatic heterocycles. The Balaban J connectivity index is 1.70. The molecule has 0 saturated carbocycles. The van der Waals surface area contributed by atoms with Crippen LogP contribution in [0.2, 0.25) is 0 Å². The van der Waals surface area contributed by atoms with Crippen molar-refractivity contribution in [3.05, 3.63) is 53.9 Å². The van der Waals surface area contributed by atoms with Crippen LogP contribution in [0, 0.1) is 0 Å². The zero-order chi connectivity index (χ0) is 19.6. The Morgan fingerprint density at radius 3 is 2.33 bits per heavy atom. The second-order valence-electron chi connectivity index (χ2n) is 5.99. The smallest absolute Gasteiger partial charge is 0.321 e. The lowest BCUT2D eigenvalue weighted by molar-refractivity contribution is -0.141. The first-order valence-corrected chi connectivity index (χ1v) is 7.98. The molecule has 0 unspecified atom stereocenters. The SMILES string of the molecule is CC(C)n1nnc(-c2ccc(C(=O)Nc3ccc(C(F)(F)F)nc3)cc2)n1. The summed E-state index contributed by atoms with van der Waals surface area (Å²) in [5, 5.41) is 14.6. The van der Waals surface area contributed by atoms with Gasteiger partial charge < -0.3 is 5.32 Å². The van der Waals surface area contributed by atoms with Crippen molar-refractivity contribution in [2.75, 3.05) is 5.32 Å². The van der Waals surface area contributed by atoms with E-state index in [0.717, 1.165) is 18.3 Å². The first-order chi connectivity index (χ1) is 12.7. The van der Waals surface area contributed by atoms with Gasteiger partial charge in [-0.15, -0.1) is 10.2 Å². The Bertz CT molecular complexity index is 933. The van der Waals surface area contributed by atoms with Gasteiger partial charge in [0.25, 0.3) is 5.91 Å². The number of anilines is 1. The molecule has 1 amide bonds. The molecule has 0 aliphatic carbocycles. The first-order valence-electron chi connectivity index (χ1n) is 7.98. The van der Waals surface area contributed by atoms with Gasteiger partial charge in [0.1, 0.15) is 5.69 Å². The highest BCUT2D eigenvalue weighted by molar-refractivity contribution is 6.04. The van der Waals surface area contributed by atoms with Gasteiger partial charge in [-0.05, 0) is 43.3 Å². The molecule has 3 aromatic rings. The van der Waals surface area contributed by atoms with Crippen LogP contribution in [-0.2, 0) is 6.18 Å². The van der Waals surface area contributed by atoms with E-state index >= 15 is 0 Å². The van der Waals surface area contributed by atoms with Crippen LogP contribution in [0.25, 0.3) is 11.4 Å². The van der Waals surface area contributed by atoms with E-state index in [1.165, 1.54) is 4.80 Å². The highest BCUT2D eigenvalue weighted by Crippen LogP contribution is 2.27. The zero-order valence-corrected chi connectivity index (χ0v) is 14.4. The van der Waals surface area contributed by atoms with E-state index in [-0.39, 0.29) is 11.7 Å². The number of pyridine rings is 1. The molecule has 0 aliphatic rings. The molecule has 0 saturated heterocycles. The molecule has 1 N–H and O–H groups in total. The molecule has 2 aromatic heterocycles. The van der Waals surface area contributed by atoms with E-state index in [0.29, 0.717) is 17.0 Å². The predicted molar refractivity (Wildman–Crippen MR) is 90.8 cm³/mol. The average molecular weight is 376 g/mol. The maximum absolute atomic E-state index is 12.5. The number of benzene rings is 1. The average Bonchev–Trinajstić information content (AvgIpc) is 3.12. The summed E-state index contributed by atoms with van der Waals surface area (Å²) < 4.78 is 37.5. The summed E-state index contributed by atoms with van der Waals surface area (Å²) in [6.07, 6.45) is -3.56. The summed E-state index contributed by atoms with van der Waals surface area (Å²) in [4.78, 5) is 17.0. The number of amides is 1. The zero-order valence-electron chi connectivity index (χ0n) is 14.4. The van der Waals surface area contributed by atoms with Crippen LogP contribution in [0.4, 0.5) is 18.9 Å². The predicted octanol–water partition coefficient (Wildman–Crippen LogP) is 3.59. The molecule has 10 heteroatoms. The van der Waals surface area contributed by atoms with Crippen molar-refractivity contribution < 1.29 is 18.0 Å². The first kappa shape index (κ1) is 18.5. The molecule has 3 rings (SSSR count). The van der Waals surface area contributed by atoms with Gasteiger partial charge in [0, 0.05) is 11.1 Å². The second-order valence-corrected chi connectivity index (χ2v) is 5.99. The quantitative estimate of drug-likeness (QED) is 0.752. The fourth-order valence-electron chi connectivity index (χ4n) is 2.17. The lowest BCUT2D eigenvalue weighted by atomic mass is 10.1. The van der Waals surface area contributed by atoms with Crippen LogP contribution in [0.15, 0.2) is 42.6 Å². The van der Waals surface area contributed by atoms with Crippen LogP contribution in [0.5, 0.6) is 0 Å². The standard InChI is InChI=1S/C17H15F3N6O/c1-10(2)26-24-15(23-25-26)11-3-5-12(6-4-11)16(27)22-13-7-8-14(21-9-13)17(18,19)20/h3-10H,1-2H3,(H,22,27). The Hall–Kier alpha value is -3.30. The molecule has 0 atom stereocenters. The number of alkyl halides is 3. The molecular weight excluding hydrogens is 361 g/mol. The number of tetrazole rings is 1. The third-order valence-corrected chi connectivity index (χ3v) is 3.61. The van der Waals surface area contributed by atoms with E-state index in [2.05, 4.69) is 25.7 Å². The van der Waals surface area contributed by atoms with Crippen LogP contribution < -0.4 is 5.32 Å². The topological polar surface area (TPSA) is 85.6 Å². The number of halogens is 3. The lowest BCUT2D eigenvalue weighted by Crippen LogP contribution is -2.13. The van der Waals surface area contributed by atoms with Gasteiger partial charge in [0.15, 0.2) is 0 Å². The fraction of sp³-hybridized carbons (Fsp3) is 0.235. The van der Waals surface area contributed by atoms with Crippen molar-refractivity contribution in [2.24, 2.45) is 0 Å². The summed E-state index contributed by atoms with van der Waals surface area (Å²) in [5.41, 5.74) is 0.162. The molecule has 7 nitrogen and oxygen atoms in total. The van der Waals surface area contributed by atoms with Crippen LogP contribution in [-0.4, -0.2) is 31.1 Å². The van der Waals surface area contributed by atoms with Crippen LogP contribution >= 0.6 is 0 Å². The molecule has 0 bridgehead atoms. The van der Waals surface area contributed by atoms with E-state index in [1.807, 2.05) is 13.8 Å². The van der Waals surface area contributed by atoms with Crippen molar-refractivity contribution in [1.82, 2.24) is 25.2 Å². The van der Waals surface area contributed by atoms with E-state index < -0.39 is 17.8 Å². The van der Waals surface area contributed by atoms with Crippen molar-refractivity contribution >= 4 is 11.6 Å². The maximum Gasteiger partial charge on any atom is 0.433 e. The monoisotopic (exact) mass is 376 g/mol. The van der Waals surface area contributed by atoms with Gasteiger partial charge in [-0.3, -0.25) is 4.79 Å². The fourth-order valence-corrected chi connectivity index (χ4v) is 2.17. The molecule has 140 valence electrons. The van der Waals surface area contributed by atoms with E-state index in [1.54, 1.807) is 24.3 Å². The largest absolute Gasteiger partial charge is 0.433 e. The summed E-state index contributed by atoms with van der Waals surface area (Å²) >= 11 is 0. The molecular formula is C17H15F3N6O. The van der Waals surface area contributed by atoms with E-state index in [4.69, 9.17) is 0 Å². The minimum Gasteiger partial charge on any atom is -0.321 e. The number of nitrogens with one attached hydrogen (secondary N) is 1. The number of rotatable bonds is 4. The summed E-state index contributed by atoms with van der Waals surface area (Å²) in [5.74, 6) is -0.0375. The number of nitrogens with zero attached hydrogens (tertiary/aromatic N) is 5. The van der Waals surface area contributed by atoms with Gasteiger partial charge in [-0.25, -0.2) is 4.98 Å². The molecule has 0 spiro atoms. The van der Waals surface area contributed by atoms with Crippen molar-refractivity contribution in [3.8, 4) is 11.4 Å². The van der Waals surface area contributed by atoms with Crippen molar-refractivity contribution in [2.45, 2.75) is 26.1 Å². The lowest BCUT2D eigenvalue weighted by Gasteiger charge is -2.08. The van der Waals surface area contributed by atoms with Crippen LogP contribution in [0.3, 0.4) is 0 Å². The van der Waals surface area contributed by atoms with Gasteiger partial charge in [-0.2, -0.15) is 18.0 Å². The number of carbonyl (C=O) groups excluding carboxylic acids is 1. The molecule has 2 heterocycles. The minimum atomic E-state index is -4.52. The Labute approximate surface area is 152 Å². The summed E-state index contributed by atoms with van der Waals surface area (Å²) in [7, 11) is 0. The van der Waals surface area contributed by atoms with Crippen molar-refractivity contribution in [3.63, 3.8) is 0 Å². The third kappa shape index (κ3) is 4.27. The third-order valence-electron chi connectivity index (χ3n) is 3.61. The van der Waals surface area contributed by atoms with Gasteiger partial charge in [-0.1, -0.05) is 12.1 Å². The Kier molecular flexibility index (Phi) is 4.89. The van der Waals surface area contributed by atoms with Gasteiger partial charge in [0.2, 0.25) is 5.82 Å². The molecule has 0 fully saturated rings. The molecule has 0 radical (unpaired) electrons. The Morgan fingerprint density at radius 2 is 1.81 bits per heavy atom. The number of carbonyl (C=O) groups is 1. The van der Waals surface area contributed by atoms with E-state index in [9.17, 15) is 18.0 Å². The second kappa shape index (κ2) is 7.14. The van der Waals surface area contributed by atoms with Gasteiger partial charge in [0.05, 0.1) is 17.9 Å². The minimum absolute atomic E-state index is 0.0774. The van der Waals surface area contributed by atoms with Crippen LogP contribution in [0.1, 0.15) is 35.9 Å². The Morgan fingerprint density at radius 1 is 1.11 bits per heavy atom. The van der Waals surface area contributed by atoms with Gasteiger partial charge >= 0.3 is 6.18 Å². The van der Waals surface area contributed by atoms with Crippen molar-refractivity contribution in [1.29, 1.82) is 0 Å². The summed E-state index contributed by atoms with van der Waals surface area (Å²) in [6, 6.07) is 8.51. The highest BCUT2D eigenvalue weighted by atomic mass is 19.4. The number of aromatic nitrogens is 5. The summed E-state index contributed by atoms with van der Waals surface area (Å²) in [6.45, 7) is 3.85.